The molecule has 1 heterocycles. The standard InChI is InChI=1S/C12H26N2O2/c1-10-7-14(8-11(2)16-10)6-4-5-12(3,15)9-13/h10-11,15H,4-9,13H2,1-3H3/t10-,11+,12?. The predicted octanol–water partition coefficient (Wildman–Crippen LogP) is 0.586. The molecule has 0 aromatic rings. The third kappa shape index (κ3) is 4.78. The van der Waals surface area contributed by atoms with Crippen LogP contribution in [0, 0.1) is 0 Å². The fourth-order valence-corrected chi connectivity index (χ4v) is 2.25. The van der Waals surface area contributed by atoms with Gasteiger partial charge in [0.1, 0.15) is 0 Å². The van der Waals surface area contributed by atoms with Crippen molar-refractivity contribution in [1.29, 1.82) is 0 Å². The highest BCUT2D eigenvalue weighted by Gasteiger charge is 2.23. The van der Waals surface area contributed by atoms with E-state index in [-0.39, 0.29) is 0 Å². The summed E-state index contributed by atoms with van der Waals surface area (Å²) in [6.45, 7) is 9.37. The lowest BCUT2D eigenvalue weighted by Gasteiger charge is -2.35. The molecule has 0 radical (unpaired) electrons. The van der Waals surface area contributed by atoms with E-state index in [1.807, 2.05) is 0 Å². The van der Waals surface area contributed by atoms with Gasteiger partial charge in [-0.2, -0.15) is 0 Å². The normalized spacial score (nSPS) is 31.3. The van der Waals surface area contributed by atoms with Gasteiger partial charge in [0.15, 0.2) is 0 Å². The Balaban J connectivity index is 2.22. The van der Waals surface area contributed by atoms with Crippen LogP contribution in [0.15, 0.2) is 0 Å². The van der Waals surface area contributed by atoms with Crippen molar-refractivity contribution in [2.24, 2.45) is 5.73 Å². The third-order valence-electron chi connectivity index (χ3n) is 3.12. The van der Waals surface area contributed by atoms with Crippen LogP contribution in [-0.2, 0) is 4.74 Å². The zero-order valence-electron chi connectivity index (χ0n) is 10.8. The molecule has 96 valence electrons. The Kier molecular flexibility index (Phi) is 5.18. The van der Waals surface area contributed by atoms with Crippen LogP contribution in [0.3, 0.4) is 0 Å². The van der Waals surface area contributed by atoms with Crippen molar-refractivity contribution >= 4 is 0 Å². The van der Waals surface area contributed by atoms with Crippen LogP contribution >= 0.6 is 0 Å². The zero-order valence-corrected chi connectivity index (χ0v) is 10.8. The lowest BCUT2D eigenvalue weighted by molar-refractivity contribution is -0.0693. The van der Waals surface area contributed by atoms with E-state index in [1.54, 1.807) is 6.92 Å². The molecule has 1 aliphatic heterocycles. The fraction of sp³-hybridized carbons (Fsp3) is 1.00. The highest BCUT2D eigenvalue weighted by molar-refractivity contribution is 4.76. The number of ether oxygens (including phenoxy) is 1. The Morgan fingerprint density at radius 1 is 1.38 bits per heavy atom. The highest BCUT2D eigenvalue weighted by Crippen LogP contribution is 2.14. The molecule has 4 heteroatoms. The Morgan fingerprint density at radius 3 is 2.44 bits per heavy atom. The molecule has 16 heavy (non-hydrogen) atoms. The number of nitrogens with zero attached hydrogens (tertiary/aromatic N) is 1. The first kappa shape index (κ1) is 13.9. The molecule has 1 fully saturated rings. The molecule has 4 nitrogen and oxygen atoms in total. The molecule has 0 aromatic heterocycles. The maximum absolute atomic E-state index is 9.79. The average molecular weight is 230 g/mol. The largest absolute Gasteiger partial charge is 0.389 e. The van der Waals surface area contributed by atoms with Gasteiger partial charge < -0.3 is 15.6 Å². The van der Waals surface area contributed by atoms with Gasteiger partial charge in [0.2, 0.25) is 0 Å². The molecule has 3 N–H and O–H groups in total. The van der Waals surface area contributed by atoms with Gasteiger partial charge in [-0.15, -0.1) is 0 Å². The third-order valence-corrected chi connectivity index (χ3v) is 3.12. The molecule has 1 unspecified atom stereocenters. The van der Waals surface area contributed by atoms with E-state index in [4.69, 9.17) is 10.5 Å². The summed E-state index contributed by atoms with van der Waals surface area (Å²) < 4.78 is 5.67. The van der Waals surface area contributed by atoms with Crippen molar-refractivity contribution < 1.29 is 9.84 Å². The van der Waals surface area contributed by atoms with Crippen molar-refractivity contribution in [3.63, 3.8) is 0 Å². The second-order valence-corrected chi connectivity index (χ2v) is 5.32. The van der Waals surface area contributed by atoms with Crippen molar-refractivity contribution in [3.8, 4) is 0 Å². The molecule has 1 saturated heterocycles. The van der Waals surface area contributed by atoms with E-state index >= 15 is 0 Å². The quantitative estimate of drug-likeness (QED) is 0.725. The molecular formula is C12H26N2O2. The molecule has 0 aromatic carbocycles. The van der Waals surface area contributed by atoms with Gasteiger partial charge in [-0.3, -0.25) is 4.90 Å². The average Bonchev–Trinajstić information content (AvgIpc) is 2.16. The second kappa shape index (κ2) is 5.96. The zero-order chi connectivity index (χ0) is 12.2. The fourth-order valence-electron chi connectivity index (χ4n) is 2.25. The summed E-state index contributed by atoms with van der Waals surface area (Å²) in [5.74, 6) is 0. The lowest BCUT2D eigenvalue weighted by atomic mass is 10.0. The Labute approximate surface area is 98.8 Å². The van der Waals surface area contributed by atoms with Crippen LogP contribution in [-0.4, -0.2) is 54.0 Å². The minimum atomic E-state index is -0.705. The number of rotatable bonds is 5. The summed E-state index contributed by atoms with van der Waals surface area (Å²) in [6.07, 6.45) is 2.39. The summed E-state index contributed by atoms with van der Waals surface area (Å²) in [7, 11) is 0. The lowest BCUT2D eigenvalue weighted by Crippen LogP contribution is -2.46. The summed E-state index contributed by atoms with van der Waals surface area (Å²) in [6, 6.07) is 0. The van der Waals surface area contributed by atoms with Gasteiger partial charge in [-0.05, 0) is 40.2 Å². The number of morpholine rings is 1. The number of aliphatic hydroxyl groups is 1. The van der Waals surface area contributed by atoms with Crippen LogP contribution in [0.1, 0.15) is 33.6 Å². The summed E-state index contributed by atoms with van der Waals surface area (Å²) >= 11 is 0. The first-order valence-electron chi connectivity index (χ1n) is 6.23. The molecule has 1 rings (SSSR count). The van der Waals surface area contributed by atoms with E-state index < -0.39 is 5.60 Å². The Hall–Kier alpha value is -0.160. The van der Waals surface area contributed by atoms with Crippen LogP contribution in [0.5, 0.6) is 0 Å². The molecule has 3 atom stereocenters. The second-order valence-electron chi connectivity index (χ2n) is 5.32. The van der Waals surface area contributed by atoms with E-state index in [0.717, 1.165) is 32.5 Å². The van der Waals surface area contributed by atoms with Crippen molar-refractivity contribution in [2.75, 3.05) is 26.2 Å². The van der Waals surface area contributed by atoms with Crippen molar-refractivity contribution in [2.45, 2.75) is 51.4 Å². The van der Waals surface area contributed by atoms with E-state index in [0.29, 0.717) is 18.8 Å². The maximum Gasteiger partial charge on any atom is 0.0741 e. The molecule has 0 bridgehead atoms. The number of nitrogens with two attached hydrogens (primary N) is 1. The Morgan fingerprint density at radius 2 is 1.94 bits per heavy atom. The van der Waals surface area contributed by atoms with Gasteiger partial charge in [0, 0.05) is 19.6 Å². The minimum absolute atomic E-state index is 0.318. The van der Waals surface area contributed by atoms with Crippen LogP contribution in [0.2, 0.25) is 0 Å². The highest BCUT2D eigenvalue weighted by atomic mass is 16.5. The minimum Gasteiger partial charge on any atom is -0.389 e. The SMILES string of the molecule is C[C@@H]1CN(CCCC(C)(O)CN)C[C@H](C)O1. The topological polar surface area (TPSA) is 58.7 Å². The van der Waals surface area contributed by atoms with Gasteiger partial charge in [-0.1, -0.05) is 0 Å². The molecule has 0 amide bonds. The number of hydrogen-bond acceptors (Lipinski definition) is 4. The Bertz CT molecular complexity index is 199. The van der Waals surface area contributed by atoms with Gasteiger partial charge in [0.25, 0.3) is 0 Å². The summed E-state index contributed by atoms with van der Waals surface area (Å²) in [5.41, 5.74) is 4.78. The monoisotopic (exact) mass is 230 g/mol. The van der Waals surface area contributed by atoms with E-state index in [9.17, 15) is 5.11 Å². The van der Waals surface area contributed by atoms with Gasteiger partial charge in [-0.25, -0.2) is 0 Å². The summed E-state index contributed by atoms with van der Waals surface area (Å²) in [5, 5.41) is 9.79. The van der Waals surface area contributed by atoms with Gasteiger partial charge >= 0.3 is 0 Å². The van der Waals surface area contributed by atoms with Crippen molar-refractivity contribution in [3.05, 3.63) is 0 Å². The smallest absolute Gasteiger partial charge is 0.0741 e. The molecule has 0 spiro atoms. The van der Waals surface area contributed by atoms with Crippen molar-refractivity contribution in [1.82, 2.24) is 4.90 Å². The first-order chi connectivity index (χ1) is 7.43. The number of hydrogen-bond donors (Lipinski definition) is 2. The maximum atomic E-state index is 9.79. The summed E-state index contributed by atoms with van der Waals surface area (Å²) in [4.78, 5) is 2.41. The molecule has 0 aliphatic carbocycles. The van der Waals surface area contributed by atoms with Crippen LogP contribution in [0.4, 0.5) is 0 Å². The molecule has 1 aliphatic rings. The van der Waals surface area contributed by atoms with Crippen LogP contribution < -0.4 is 5.73 Å². The first-order valence-corrected chi connectivity index (χ1v) is 6.23. The van der Waals surface area contributed by atoms with Gasteiger partial charge in [0.05, 0.1) is 17.8 Å². The predicted molar refractivity (Wildman–Crippen MR) is 65.4 cm³/mol. The van der Waals surface area contributed by atoms with Crippen LogP contribution in [0.25, 0.3) is 0 Å². The van der Waals surface area contributed by atoms with E-state index in [2.05, 4.69) is 18.7 Å². The van der Waals surface area contributed by atoms with E-state index in [1.165, 1.54) is 0 Å². The molecular weight excluding hydrogens is 204 g/mol. The molecule has 0 saturated carbocycles.